The zero-order valence-corrected chi connectivity index (χ0v) is 10.9. The van der Waals surface area contributed by atoms with Gasteiger partial charge in [-0.15, -0.1) is 0 Å². The molecule has 0 aliphatic heterocycles. The predicted octanol–water partition coefficient (Wildman–Crippen LogP) is 4.21. The monoisotopic (exact) mass is 222 g/mol. The van der Waals surface area contributed by atoms with Gasteiger partial charge in [0.25, 0.3) is 0 Å². The van der Waals surface area contributed by atoms with E-state index in [0.717, 1.165) is 12.8 Å². The Morgan fingerprint density at radius 3 is 2.38 bits per heavy atom. The van der Waals surface area contributed by atoms with Crippen molar-refractivity contribution in [3.63, 3.8) is 0 Å². The van der Waals surface area contributed by atoms with Gasteiger partial charge in [-0.05, 0) is 46.0 Å². The van der Waals surface area contributed by atoms with E-state index < -0.39 is 0 Å². The number of aliphatic hydroxyl groups is 1. The minimum atomic E-state index is -0.356. The van der Waals surface area contributed by atoms with Crippen molar-refractivity contribution in [3.8, 4) is 0 Å². The van der Waals surface area contributed by atoms with Crippen LogP contribution in [0.3, 0.4) is 0 Å². The van der Waals surface area contributed by atoms with Crippen LogP contribution in [-0.4, -0.2) is 10.7 Å². The Hall–Kier alpha value is -0.300. The fourth-order valence-corrected chi connectivity index (χ4v) is 3.72. The fourth-order valence-electron chi connectivity index (χ4n) is 3.72. The van der Waals surface area contributed by atoms with Gasteiger partial charge < -0.3 is 5.11 Å². The smallest absolute Gasteiger partial charge is 0.0712 e. The van der Waals surface area contributed by atoms with Crippen LogP contribution < -0.4 is 0 Å². The van der Waals surface area contributed by atoms with Gasteiger partial charge in [-0.25, -0.2) is 0 Å². The Labute approximate surface area is 99.9 Å². The van der Waals surface area contributed by atoms with E-state index in [0.29, 0.717) is 5.92 Å². The SMILES string of the molecule is CC(C)=C1CCCCC1C1(O)CCCCC1. The van der Waals surface area contributed by atoms with Gasteiger partial charge in [0, 0.05) is 5.92 Å². The van der Waals surface area contributed by atoms with E-state index in [9.17, 15) is 5.11 Å². The summed E-state index contributed by atoms with van der Waals surface area (Å²) >= 11 is 0. The maximum atomic E-state index is 10.9. The van der Waals surface area contributed by atoms with Crippen LogP contribution in [-0.2, 0) is 0 Å². The molecule has 2 aliphatic rings. The van der Waals surface area contributed by atoms with Crippen molar-refractivity contribution in [2.75, 3.05) is 0 Å². The second-order valence-corrected chi connectivity index (χ2v) is 5.99. The van der Waals surface area contributed by atoms with Crippen molar-refractivity contribution in [2.45, 2.75) is 77.2 Å². The summed E-state index contributed by atoms with van der Waals surface area (Å²) in [6.07, 6.45) is 10.9. The van der Waals surface area contributed by atoms with Crippen molar-refractivity contribution < 1.29 is 5.11 Å². The van der Waals surface area contributed by atoms with Crippen LogP contribution in [0, 0.1) is 5.92 Å². The first-order valence-electron chi connectivity index (χ1n) is 7.02. The molecule has 1 nitrogen and oxygen atoms in total. The minimum Gasteiger partial charge on any atom is -0.389 e. The lowest BCUT2D eigenvalue weighted by atomic mass is 9.67. The summed E-state index contributed by atoms with van der Waals surface area (Å²) < 4.78 is 0. The van der Waals surface area contributed by atoms with Gasteiger partial charge in [0.05, 0.1) is 5.60 Å². The molecule has 0 radical (unpaired) electrons. The summed E-state index contributed by atoms with van der Waals surface area (Å²) in [6.45, 7) is 4.44. The first-order valence-corrected chi connectivity index (χ1v) is 7.02. The summed E-state index contributed by atoms with van der Waals surface area (Å²) in [5, 5.41) is 10.9. The zero-order valence-electron chi connectivity index (χ0n) is 10.9. The molecule has 2 fully saturated rings. The molecule has 0 aromatic carbocycles. The first-order chi connectivity index (χ1) is 7.63. The van der Waals surface area contributed by atoms with Gasteiger partial charge in [-0.3, -0.25) is 0 Å². The highest BCUT2D eigenvalue weighted by atomic mass is 16.3. The normalized spacial score (nSPS) is 30.2. The molecular weight excluding hydrogens is 196 g/mol. The third-order valence-corrected chi connectivity index (χ3v) is 4.62. The molecule has 0 amide bonds. The van der Waals surface area contributed by atoms with Crippen molar-refractivity contribution in [2.24, 2.45) is 5.92 Å². The summed E-state index contributed by atoms with van der Waals surface area (Å²) in [5.41, 5.74) is 2.69. The maximum absolute atomic E-state index is 10.9. The average Bonchev–Trinajstić information content (AvgIpc) is 2.30. The quantitative estimate of drug-likeness (QED) is 0.659. The second kappa shape index (κ2) is 4.91. The molecule has 16 heavy (non-hydrogen) atoms. The lowest BCUT2D eigenvalue weighted by molar-refractivity contribution is -0.0443. The summed E-state index contributed by atoms with van der Waals surface area (Å²) in [7, 11) is 0. The molecule has 0 heterocycles. The molecule has 2 rings (SSSR count). The van der Waals surface area contributed by atoms with Gasteiger partial charge in [0.15, 0.2) is 0 Å². The van der Waals surface area contributed by atoms with Crippen molar-refractivity contribution >= 4 is 0 Å². The average molecular weight is 222 g/mol. The van der Waals surface area contributed by atoms with Crippen molar-refractivity contribution in [1.29, 1.82) is 0 Å². The number of hydrogen-bond donors (Lipinski definition) is 1. The van der Waals surface area contributed by atoms with Crippen LogP contribution in [0.25, 0.3) is 0 Å². The molecule has 0 aromatic rings. The van der Waals surface area contributed by atoms with Crippen molar-refractivity contribution in [3.05, 3.63) is 11.1 Å². The third kappa shape index (κ3) is 2.34. The lowest BCUT2D eigenvalue weighted by Gasteiger charge is -2.43. The van der Waals surface area contributed by atoms with E-state index >= 15 is 0 Å². The Morgan fingerprint density at radius 1 is 1.06 bits per heavy atom. The summed E-state index contributed by atoms with van der Waals surface area (Å²) in [6, 6.07) is 0. The molecule has 0 aromatic heterocycles. The van der Waals surface area contributed by atoms with E-state index in [1.165, 1.54) is 50.5 Å². The second-order valence-electron chi connectivity index (χ2n) is 5.99. The van der Waals surface area contributed by atoms with Gasteiger partial charge >= 0.3 is 0 Å². The maximum Gasteiger partial charge on any atom is 0.0712 e. The van der Waals surface area contributed by atoms with Crippen LogP contribution in [0.15, 0.2) is 11.1 Å². The van der Waals surface area contributed by atoms with Gasteiger partial charge in [0.1, 0.15) is 0 Å². The molecule has 1 atom stereocenters. The molecule has 0 bridgehead atoms. The molecule has 0 spiro atoms. The lowest BCUT2D eigenvalue weighted by Crippen LogP contribution is -2.42. The first kappa shape index (κ1) is 12.2. The van der Waals surface area contributed by atoms with Crippen LogP contribution >= 0.6 is 0 Å². The standard InChI is InChI=1S/C15H26O/c1-12(2)13-8-4-5-9-14(13)15(16)10-6-3-7-11-15/h14,16H,3-11H2,1-2H3. The predicted molar refractivity (Wildman–Crippen MR) is 68.4 cm³/mol. The Morgan fingerprint density at radius 2 is 1.75 bits per heavy atom. The third-order valence-electron chi connectivity index (χ3n) is 4.62. The molecule has 1 heteroatoms. The van der Waals surface area contributed by atoms with Gasteiger partial charge in [-0.1, -0.05) is 36.8 Å². The topological polar surface area (TPSA) is 20.2 Å². The largest absolute Gasteiger partial charge is 0.389 e. The number of rotatable bonds is 1. The van der Waals surface area contributed by atoms with Crippen LogP contribution in [0.1, 0.15) is 71.6 Å². The molecule has 92 valence electrons. The van der Waals surface area contributed by atoms with Crippen LogP contribution in [0.2, 0.25) is 0 Å². The molecule has 0 saturated heterocycles. The summed E-state index contributed by atoms with van der Waals surface area (Å²) in [4.78, 5) is 0. The molecule has 2 aliphatic carbocycles. The highest BCUT2D eigenvalue weighted by Crippen LogP contribution is 2.45. The Bertz CT molecular complexity index is 267. The van der Waals surface area contributed by atoms with E-state index in [1.807, 2.05) is 0 Å². The molecule has 2 saturated carbocycles. The highest BCUT2D eigenvalue weighted by Gasteiger charge is 2.40. The zero-order chi connectivity index (χ0) is 11.6. The fraction of sp³-hybridized carbons (Fsp3) is 0.867. The van der Waals surface area contributed by atoms with Crippen LogP contribution in [0.4, 0.5) is 0 Å². The molecular formula is C15H26O. The van der Waals surface area contributed by atoms with E-state index in [2.05, 4.69) is 13.8 Å². The van der Waals surface area contributed by atoms with Crippen LogP contribution in [0.5, 0.6) is 0 Å². The summed E-state index contributed by atoms with van der Waals surface area (Å²) in [5.74, 6) is 0.478. The van der Waals surface area contributed by atoms with E-state index in [-0.39, 0.29) is 5.60 Å². The Balaban J connectivity index is 2.19. The Kier molecular flexibility index (Phi) is 3.73. The molecule has 1 unspecified atom stereocenters. The van der Waals surface area contributed by atoms with Gasteiger partial charge in [0.2, 0.25) is 0 Å². The van der Waals surface area contributed by atoms with Crippen molar-refractivity contribution in [1.82, 2.24) is 0 Å². The minimum absolute atomic E-state index is 0.356. The van der Waals surface area contributed by atoms with E-state index in [4.69, 9.17) is 0 Å². The van der Waals surface area contributed by atoms with Gasteiger partial charge in [-0.2, -0.15) is 0 Å². The molecule has 1 N–H and O–H groups in total. The highest BCUT2D eigenvalue weighted by molar-refractivity contribution is 5.20. The number of allylic oxidation sites excluding steroid dienone is 1. The van der Waals surface area contributed by atoms with E-state index in [1.54, 1.807) is 5.57 Å². The number of hydrogen-bond acceptors (Lipinski definition) is 1.